The van der Waals surface area contributed by atoms with E-state index in [9.17, 15) is 14.4 Å². The van der Waals surface area contributed by atoms with Crippen molar-refractivity contribution in [1.29, 1.82) is 0 Å². The van der Waals surface area contributed by atoms with Gasteiger partial charge in [-0.25, -0.2) is 0 Å². The van der Waals surface area contributed by atoms with Gasteiger partial charge < -0.3 is 20.4 Å². The Morgan fingerprint density at radius 3 is 2.35 bits per heavy atom. The number of hydrogen-bond acceptors (Lipinski definition) is 3. The Morgan fingerprint density at radius 1 is 0.968 bits per heavy atom. The highest BCUT2D eigenvalue weighted by atomic mass is 16.2. The van der Waals surface area contributed by atoms with Crippen LogP contribution in [-0.2, 0) is 20.8 Å². The summed E-state index contributed by atoms with van der Waals surface area (Å²) in [6, 6.07) is 13.9. The van der Waals surface area contributed by atoms with Crippen molar-refractivity contribution in [1.82, 2.24) is 15.5 Å². The van der Waals surface area contributed by atoms with Gasteiger partial charge in [0.15, 0.2) is 6.54 Å². The average molecular weight is 426 g/mol. The Kier molecular flexibility index (Phi) is 7.28. The Labute approximate surface area is 183 Å². The minimum Gasteiger partial charge on any atom is -0.347 e. The van der Waals surface area contributed by atoms with Gasteiger partial charge in [-0.2, -0.15) is 0 Å². The van der Waals surface area contributed by atoms with Crippen LogP contribution in [0, 0.1) is 0 Å². The van der Waals surface area contributed by atoms with E-state index < -0.39 is 0 Å². The first-order valence-corrected chi connectivity index (χ1v) is 10.9. The highest BCUT2D eigenvalue weighted by Gasteiger charge is 2.26. The van der Waals surface area contributed by atoms with E-state index in [4.69, 9.17) is 0 Å². The van der Waals surface area contributed by atoms with Gasteiger partial charge in [-0.05, 0) is 37.1 Å². The number of fused-ring (bicyclic) bond motifs is 1. The Bertz CT molecular complexity index is 938. The molecule has 0 aromatic heterocycles. The van der Waals surface area contributed by atoms with Crippen molar-refractivity contribution in [2.45, 2.75) is 32.7 Å². The van der Waals surface area contributed by atoms with Crippen LogP contribution in [0.2, 0.25) is 0 Å². The van der Waals surface area contributed by atoms with Crippen LogP contribution in [0.15, 0.2) is 42.5 Å². The summed E-state index contributed by atoms with van der Waals surface area (Å²) in [5.74, 6) is -0.208. The molecule has 0 spiro atoms. The molecule has 31 heavy (non-hydrogen) atoms. The number of hydrogen-bond donors (Lipinski definition) is 3. The van der Waals surface area contributed by atoms with Gasteiger partial charge in [0.1, 0.15) is 0 Å². The van der Waals surface area contributed by atoms with Crippen LogP contribution >= 0.6 is 0 Å². The van der Waals surface area contributed by atoms with E-state index in [1.54, 1.807) is 4.90 Å². The topological polar surface area (TPSA) is 82.9 Å². The molecule has 0 radical (unpaired) electrons. The fourth-order valence-corrected chi connectivity index (χ4v) is 3.91. The van der Waals surface area contributed by atoms with Gasteiger partial charge in [-0.1, -0.05) is 42.5 Å². The van der Waals surface area contributed by atoms with Crippen molar-refractivity contribution >= 4 is 28.5 Å². The number of nitrogens with one attached hydrogen (secondary N) is 3. The van der Waals surface area contributed by atoms with Crippen LogP contribution in [-0.4, -0.2) is 67.4 Å². The number of quaternary nitrogens is 1. The molecule has 1 heterocycles. The second-order valence-corrected chi connectivity index (χ2v) is 9.20. The fourth-order valence-electron chi connectivity index (χ4n) is 3.91. The van der Waals surface area contributed by atoms with E-state index in [1.165, 1.54) is 4.90 Å². The zero-order chi connectivity index (χ0) is 22.4. The summed E-state index contributed by atoms with van der Waals surface area (Å²) < 4.78 is 0. The van der Waals surface area contributed by atoms with Crippen LogP contribution < -0.4 is 15.5 Å². The van der Waals surface area contributed by atoms with Crippen LogP contribution in [0.5, 0.6) is 0 Å². The molecule has 3 amide bonds. The van der Waals surface area contributed by atoms with Gasteiger partial charge in [0.05, 0.1) is 39.1 Å². The van der Waals surface area contributed by atoms with Gasteiger partial charge in [0.25, 0.3) is 5.91 Å². The lowest BCUT2D eigenvalue weighted by Gasteiger charge is -2.32. The summed E-state index contributed by atoms with van der Waals surface area (Å²) in [5.41, 5.74) is 0.715. The van der Waals surface area contributed by atoms with Crippen LogP contribution in [0.1, 0.15) is 26.3 Å². The molecule has 0 atom stereocenters. The third kappa shape index (κ3) is 6.79. The van der Waals surface area contributed by atoms with Crippen LogP contribution in [0.3, 0.4) is 0 Å². The minimum atomic E-state index is -0.238. The normalized spacial score (nSPS) is 15.0. The molecule has 166 valence electrons. The molecule has 0 bridgehead atoms. The lowest BCUT2D eigenvalue weighted by Crippen LogP contribution is -3.16. The number of piperazine rings is 1. The lowest BCUT2D eigenvalue weighted by molar-refractivity contribution is -0.896. The molecule has 1 fully saturated rings. The standard InChI is InChI=1S/C24H32N4O3/c1-24(2,3)26-22(30)17-27-11-13-28(14-12-27)23(31)16-25-21(29)15-19-9-6-8-18-7-4-5-10-20(18)19/h4-10H,11-17H2,1-3H3,(H,25,29)(H,26,30)/p+1. The van der Waals surface area contributed by atoms with Crippen LogP contribution in [0.25, 0.3) is 10.8 Å². The molecule has 3 N–H and O–H groups in total. The summed E-state index contributed by atoms with van der Waals surface area (Å²) in [6.07, 6.45) is 0.245. The Balaban J connectivity index is 1.42. The molecule has 1 aliphatic heterocycles. The second kappa shape index (κ2) is 9.92. The monoisotopic (exact) mass is 425 g/mol. The van der Waals surface area contributed by atoms with Gasteiger partial charge in [0.2, 0.25) is 11.8 Å². The highest BCUT2D eigenvalue weighted by molar-refractivity contribution is 5.91. The molecule has 0 unspecified atom stereocenters. The molecule has 7 nitrogen and oxygen atoms in total. The zero-order valence-corrected chi connectivity index (χ0v) is 18.7. The minimum absolute atomic E-state index is 0.00342. The molecule has 2 aromatic carbocycles. The Hall–Kier alpha value is -2.93. The number of carbonyl (C=O) groups is 3. The molecule has 1 saturated heterocycles. The fraction of sp³-hybridized carbons (Fsp3) is 0.458. The van der Waals surface area contributed by atoms with Crippen LogP contribution in [0.4, 0.5) is 0 Å². The number of carbonyl (C=O) groups excluding carboxylic acids is 3. The smallest absolute Gasteiger partial charge is 0.275 e. The summed E-state index contributed by atoms with van der Waals surface area (Å²) >= 11 is 0. The summed E-state index contributed by atoms with van der Waals surface area (Å²) in [6.45, 7) is 8.96. The summed E-state index contributed by atoms with van der Waals surface area (Å²) in [5, 5.41) is 7.89. The first-order chi connectivity index (χ1) is 14.7. The zero-order valence-electron chi connectivity index (χ0n) is 18.7. The van der Waals surface area contributed by atoms with Gasteiger partial charge in [-0.15, -0.1) is 0 Å². The molecule has 1 aliphatic rings. The number of rotatable bonds is 6. The van der Waals surface area contributed by atoms with Crippen molar-refractivity contribution in [3.05, 3.63) is 48.0 Å². The van der Waals surface area contributed by atoms with E-state index in [0.717, 1.165) is 29.4 Å². The average Bonchev–Trinajstić information content (AvgIpc) is 2.71. The second-order valence-electron chi connectivity index (χ2n) is 9.20. The van der Waals surface area contributed by atoms with E-state index in [2.05, 4.69) is 10.6 Å². The van der Waals surface area contributed by atoms with Crippen molar-refractivity contribution in [2.75, 3.05) is 39.3 Å². The number of nitrogens with zero attached hydrogens (tertiary/aromatic N) is 1. The molecule has 7 heteroatoms. The van der Waals surface area contributed by atoms with Gasteiger partial charge >= 0.3 is 0 Å². The van der Waals surface area contributed by atoms with E-state index >= 15 is 0 Å². The van der Waals surface area contributed by atoms with Crippen molar-refractivity contribution < 1.29 is 19.3 Å². The maximum absolute atomic E-state index is 12.5. The molecule has 2 aromatic rings. The quantitative estimate of drug-likeness (QED) is 0.616. The van der Waals surface area contributed by atoms with Crippen molar-refractivity contribution in [2.24, 2.45) is 0 Å². The maximum Gasteiger partial charge on any atom is 0.275 e. The molecular weight excluding hydrogens is 392 g/mol. The van der Waals surface area contributed by atoms with Crippen molar-refractivity contribution in [3.8, 4) is 0 Å². The first-order valence-electron chi connectivity index (χ1n) is 10.9. The molecule has 0 aliphatic carbocycles. The molecular formula is C24H33N4O3+. The predicted octanol–water partition coefficient (Wildman–Crippen LogP) is 0.140. The molecule has 3 rings (SSSR count). The first kappa shape index (κ1) is 22.7. The van der Waals surface area contributed by atoms with E-state index in [0.29, 0.717) is 19.6 Å². The summed E-state index contributed by atoms with van der Waals surface area (Å²) in [7, 11) is 0. The largest absolute Gasteiger partial charge is 0.347 e. The number of amides is 3. The predicted molar refractivity (Wildman–Crippen MR) is 121 cm³/mol. The van der Waals surface area contributed by atoms with E-state index in [-0.39, 0.29) is 36.2 Å². The lowest BCUT2D eigenvalue weighted by atomic mass is 10.0. The third-order valence-corrected chi connectivity index (χ3v) is 5.42. The number of benzene rings is 2. The summed E-state index contributed by atoms with van der Waals surface area (Å²) in [4.78, 5) is 39.9. The van der Waals surface area contributed by atoms with E-state index in [1.807, 2.05) is 63.2 Å². The van der Waals surface area contributed by atoms with Gasteiger partial charge in [0, 0.05) is 5.54 Å². The van der Waals surface area contributed by atoms with Gasteiger partial charge in [-0.3, -0.25) is 14.4 Å². The highest BCUT2D eigenvalue weighted by Crippen LogP contribution is 2.18. The molecule has 0 saturated carbocycles. The maximum atomic E-state index is 12.5. The Morgan fingerprint density at radius 2 is 1.65 bits per heavy atom. The van der Waals surface area contributed by atoms with Crippen molar-refractivity contribution in [3.63, 3.8) is 0 Å². The third-order valence-electron chi connectivity index (χ3n) is 5.42. The SMILES string of the molecule is CC(C)(C)NC(=O)C[NH+]1CCN(C(=O)CNC(=O)Cc2cccc3ccccc23)CC1.